The molecule has 0 radical (unpaired) electrons. The van der Waals surface area contributed by atoms with E-state index >= 15 is 0 Å². The van der Waals surface area contributed by atoms with Crippen molar-refractivity contribution >= 4 is 30.6 Å². The van der Waals surface area contributed by atoms with E-state index in [1.807, 2.05) is 24.3 Å². The molecule has 1 aromatic carbocycles. The van der Waals surface area contributed by atoms with Crippen LogP contribution in [0.1, 0.15) is 5.56 Å². The standard InChI is InChI=1S/C18H24N4O2.2ClH/c1-14-13-17(15-3-5-16(23-2)6-4-15)20-21-18(14)19-7-8-22-9-11-24-12-10-22;;/h3-6,13H,7-12H2,1-2H3,(H,19,21);2*1H. The second-order valence-electron chi connectivity index (χ2n) is 5.87. The third-order valence-electron chi connectivity index (χ3n) is 4.19. The first kappa shape index (κ1) is 22.4. The molecule has 1 fully saturated rings. The summed E-state index contributed by atoms with van der Waals surface area (Å²) in [4.78, 5) is 2.39. The molecule has 3 rings (SSSR count). The van der Waals surface area contributed by atoms with Gasteiger partial charge in [-0.3, -0.25) is 4.90 Å². The molecule has 0 spiro atoms. The largest absolute Gasteiger partial charge is 0.497 e. The zero-order valence-electron chi connectivity index (χ0n) is 15.1. The number of hydrogen-bond donors (Lipinski definition) is 1. The van der Waals surface area contributed by atoms with Gasteiger partial charge in [0.15, 0.2) is 5.82 Å². The van der Waals surface area contributed by atoms with E-state index in [9.17, 15) is 0 Å². The van der Waals surface area contributed by atoms with Gasteiger partial charge in [0, 0.05) is 31.7 Å². The lowest BCUT2D eigenvalue weighted by atomic mass is 10.1. The average Bonchev–Trinajstić information content (AvgIpc) is 2.64. The molecule has 0 atom stereocenters. The quantitative estimate of drug-likeness (QED) is 0.803. The third kappa shape index (κ3) is 5.99. The molecule has 0 amide bonds. The number of nitrogens with zero attached hydrogens (tertiary/aromatic N) is 3. The molecule has 0 aliphatic carbocycles. The van der Waals surface area contributed by atoms with E-state index in [1.165, 1.54) is 0 Å². The zero-order chi connectivity index (χ0) is 16.8. The van der Waals surface area contributed by atoms with Gasteiger partial charge in [-0.2, -0.15) is 0 Å². The van der Waals surface area contributed by atoms with Crippen LogP contribution >= 0.6 is 24.8 Å². The van der Waals surface area contributed by atoms with E-state index in [0.29, 0.717) is 0 Å². The summed E-state index contributed by atoms with van der Waals surface area (Å²) in [5.41, 5.74) is 3.00. The van der Waals surface area contributed by atoms with Crippen molar-refractivity contribution in [1.82, 2.24) is 15.1 Å². The Bertz CT molecular complexity index is 665. The molecule has 0 unspecified atom stereocenters. The number of aryl methyl sites for hydroxylation is 1. The number of nitrogens with one attached hydrogen (secondary N) is 1. The highest BCUT2D eigenvalue weighted by molar-refractivity contribution is 5.85. The van der Waals surface area contributed by atoms with E-state index in [-0.39, 0.29) is 24.8 Å². The molecule has 1 aromatic heterocycles. The minimum absolute atomic E-state index is 0. The summed E-state index contributed by atoms with van der Waals surface area (Å²) in [5.74, 6) is 1.69. The van der Waals surface area contributed by atoms with E-state index in [1.54, 1.807) is 7.11 Å². The Balaban J connectivity index is 0.00000169. The SMILES string of the molecule is COc1ccc(-c2cc(C)c(NCCN3CCOCC3)nn2)cc1.Cl.Cl. The number of halogens is 2. The van der Waals surface area contributed by atoms with Crippen molar-refractivity contribution in [2.45, 2.75) is 6.92 Å². The van der Waals surface area contributed by atoms with Crippen LogP contribution in [0.25, 0.3) is 11.3 Å². The van der Waals surface area contributed by atoms with Crippen LogP contribution in [0.2, 0.25) is 0 Å². The first-order chi connectivity index (χ1) is 11.8. The Kier molecular flexibility index (Phi) is 9.65. The fourth-order valence-corrected chi connectivity index (χ4v) is 2.72. The molecule has 1 aliphatic heterocycles. The number of hydrogen-bond acceptors (Lipinski definition) is 6. The van der Waals surface area contributed by atoms with Crippen LogP contribution in [-0.2, 0) is 4.74 Å². The van der Waals surface area contributed by atoms with Gasteiger partial charge >= 0.3 is 0 Å². The number of anilines is 1. The maximum absolute atomic E-state index is 5.36. The normalized spacial score (nSPS) is 14.1. The third-order valence-corrected chi connectivity index (χ3v) is 4.19. The smallest absolute Gasteiger partial charge is 0.151 e. The minimum Gasteiger partial charge on any atom is -0.497 e. The zero-order valence-corrected chi connectivity index (χ0v) is 16.7. The summed E-state index contributed by atoms with van der Waals surface area (Å²) in [6.45, 7) is 7.57. The molecule has 1 N–H and O–H groups in total. The van der Waals surface area contributed by atoms with Gasteiger partial charge in [0.2, 0.25) is 0 Å². The van der Waals surface area contributed by atoms with Crippen molar-refractivity contribution in [3.8, 4) is 17.0 Å². The summed E-state index contributed by atoms with van der Waals surface area (Å²) in [7, 11) is 1.66. The first-order valence-electron chi connectivity index (χ1n) is 8.29. The van der Waals surface area contributed by atoms with E-state index in [0.717, 1.165) is 67.8 Å². The second-order valence-corrected chi connectivity index (χ2v) is 5.87. The van der Waals surface area contributed by atoms with Crippen molar-refractivity contribution in [1.29, 1.82) is 0 Å². The van der Waals surface area contributed by atoms with Crippen LogP contribution in [0, 0.1) is 6.92 Å². The number of morpholine rings is 1. The summed E-state index contributed by atoms with van der Waals surface area (Å²) < 4.78 is 10.5. The van der Waals surface area contributed by atoms with Crippen molar-refractivity contribution in [3.63, 3.8) is 0 Å². The summed E-state index contributed by atoms with van der Waals surface area (Å²) in [5, 5.41) is 12.1. The maximum Gasteiger partial charge on any atom is 0.151 e. The maximum atomic E-state index is 5.36. The Hall–Kier alpha value is -1.60. The van der Waals surface area contributed by atoms with Gasteiger partial charge in [0.25, 0.3) is 0 Å². The van der Waals surface area contributed by atoms with Gasteiger partial charge in [-0.25, -0.2) is 0 Å². The number of methoxy groups -OCH3 is 1. The van der Waals surface area contributed by atoms with Gasteiger partial charge in [-0.1, -0.05) is 0 Å². The average molecular weight is 401 g/mol. The summed E-state index contributed by atoms with van der Waals surface area (Å²) >= 11 is 0. The fraction of sp³-hybridized carbons (Fsp3) is 0.444. The molecule has 2 heterocycles. The number of rotatable bonds is 6. The Morgan fingerprint density at radius 2 is 1.81 bits per heavy atom. The van der Waals surface area contributed by atoms with Crippen LogP contribution in [0.3, 0.4) is 0 Å². The topological polar surface area (TPSA) is 59.5 Å². The molecular formula is C18H26Cl2N4O2. The molecule has 144 valence electrons. The highest BCUT2D eigenvalue weighted by Crippen LogP contribution is 2.22. The van der Waals surface area contributed by atoms with E-state index in [2.05, 4.69) is 33.4 Å². The molecular weight excluding hydrogens is 375 g/mol. The number of ether oxygens (including phenoxy) is 2. The van der Waals surface area contributed by atoms with Crippen molar-refractivity contribution in [2.75, 3.05) is 51.8 Å². The van der Waals surface area contributed by atoms with Crippen LogP contribution < -0.4 is 10.1 Å². The van der Waals surface area contributed by atoms with Crippen LogP contribution in [0.15, 0.2) is 30.3 Å². The lowest BCUT2D eigenvalue weighted by molar-refractivity contribution is 0.0398. The monoisotopic (exact) mass is 400 g/mol. The van der Waals surface area contributed by atoms with Crippen molar-refractivity contribution < 1.29 is 9.47 Å². The second kappa shape index (κ2) is 11.2. The predicted molar refractivity (Wildman–Crippen MR) is 109 cm³/mol. The number of benzene rings is 1. The molecule has 1 saturated heterocycles. The lowest BCUT2D eigenvalue weighted by Gasteiger charge is -2.26. The summed E-state index contributed by atoms with van der Waals surface area (Å²) in [6.07, 6.45) is 0. The predicted octanol–water partition coefficient (Wildman–Crippen LogP) is 3.05. The van der Waals surface area contributed by atoms with Crippen molar-refractivity contribution in [2.24, 2.45) is 0 Å². The van der Waals surface area contributed by atoms with E-state index < -0.39 is 0 Å². The van der Waals surface area contributed by atoms with Crippen molar-refractivity contribution in [3.05, 3.63) is 35.9 Å². The highest BCUT2D eigenvalue weighted by atomic mass is 35.5. The Morgan fingerprint density at radius 1 is 1.12 bits per heavy atom. The van der Waals surface area contributed by atoms with Gasteiger partial charge in [0.05, 0.1) is 26.0 Å². The van der Waals surface area contributed by atoms with Crippen LogP contribution in [0.4, 0.5) is 5.82 Å². The molecule has 1 aliphatic rings. The lowest BCUT2D eigenvalue weighted by Crippen LogP contribution is -2.39. The van der Waals surface area contributed by atoms with Gasteiger partial charge in [0.1, 0.15) is 5.75 Å². The molecule has 2 aromatic rings. The number of aromatic nitrogens is 2. The molecule has 6 nitrogen and oxygen atoms in total. The first-order valence-corrected chi connectivity index (χ1v) is 8.29. The minimum atomic E-state index is 0. The summed E-state index contributed by atoms with van der Waals surface area (Å²) in [6, 6.07) is 9.91. The fourth-order valence-electron chi connectivity index (χ4n) is 2.72. The van der Waals surface area contributed by atoms with E-state index in [4.69, 9.17) is 9.47 Å². The van der Waals surface area contributed by atoms with Crippen LogP contribution in [0.5, 0.6) is 5.75 Å². The van der Waals surface area contributed by atoms with Gasteiger partial charge < -0.3 is 14.8 Å². The molecule has 26 heavy (non-hydrogen) atoms. The van der Waals surface area contributed by atoms with Gasteiger partial charge in [-0.05, 0) is 42.8 Å². The molecule has 0 bridgehead atoms. The molecule has 8 heteroatoms. The Labute approximate surface area is 167 Å². The highest BCUT2D eigenvalue weighted by Gasteiger charge is 2.10. The van der Waals surface area contributed by atoms with Crippen LogP contribution in [-0.4, -0.2) is 61.6 Å². The van der Waals surface area contributed by atoms with Gasteiger partial charge in [-0.15, -0.1) is 35.0 Å². The Morgan fingerprint density at radius 3 is 2.42 bits per heavy atom. The molecule has 0 saturated carbocycles.